The van der Waals surface area contributed by atoms with Crippen LogP contribution in [0.4, 0.5) is 4.39 Å². The van der Waals surface area contributed by atoms with Crippen molar-refractivity contribution in [3.05, 3.63) is 35.3 Å². The molecular weight excluding hydrogens is 391 g/mol. The number of aliphatic hydroxyl groups is 2. The molecule has 0 aromatic heterocycles. The number of nitriles is 1. The summed E-state index contributed by atoms with van der Waals surface area (Å²) in [6.07, 6.45) is 3.45. The second-order valence-electron chi connectivity index (χ2n) is 7.85. The Hall–Kier alpha value is -2.70. The van der Waals surface area contributed by atoms with Gasteiger partial charge < -0.3 is 25.3 Å². The van der Waals surface area contributed by atoms with E-state index in [0.29, 0.717) is 38.3 Å². The molecule has 162 valence electrons. The third kappa shape index (κ3) is 5.07. The summed E-state index contributed by atoms with van der Waals surface area (Å²) in [5, 5.41) is 31.9. The fourth-order valence-electron chi connectivity index (χ4n) is 3.76. The summed E-state index contributed by atoms with van der Waals surface area (Å²) in [7, 11) is 0. The molecule has 0 bridgehead atoms. The van der Waals surface area contributed by atoms with E-state index in [1.165, 1.54) is 17.1 Å². The number of nitrogens with zero attached hydrogens (tertiary/aromatic N) is 3. The number of piperidine rings is 1. The Morgan fingerprint density at radius 2 is 1.90 bits per heavy atom. The van der Waals surface area contributed by atoms with E-state index >= 15 is 0 Å². The number of hydrogen-bond acceptors (Lipinski definition) is 6. The van der Waals surface area contributed by atoms with Crippen LogP contribution >= 0.6 is 0 Å². The van der Waals surface area contributed by atoms with Gasteiger partial charge in [-0.1, -0.05) is 0 Å². The summed E-state index contributed by atoms with van der Waals surface area (Å²) < 4.78 is 13.5. The second-order valence-corrected chi connectivity index (χ2v) is 7.85. The van der Waals surface area contributed by atoms with Crippen LogP contribution < -0.4 is 5.32 Å². The molecule has 1 aliphatic carbocycles. The lowest BCUT2D eigenvalue weighted by atomic mass is 9.95. The Bertz CT molecular complexity index is 804. The Morgan fingerprint density at radius 1 is 1.20 bits per heavy atom. The molecule has 3 N–H and O–H groups in total. The predicted molar refractivity (Wildman–Crippen MR) is 106 cm³/mol. The molecule has 0 aromatic rings. The minimum atomic E-state index is -1.79. The molecule has 0 spiro atoms. The van der Waals surface area contributed by atoms with E-state index in [-0.39, 0.29) is 18.2 Å². The normalized spacial score (nSPS) is 21.9. The SMILES string of the molecule is N#CC1=C(N2CCC(CNC(=O)C(O)C(O)C(=O)N3CCC3)CC2)C=CC(F)=CC1. The average Bonchev–Trinajstić information content (AvgIpc) is 2.91. The van der Waals surface area contributed by atoms with Gasteiger partial charge in [0.25, 0.3) is 11.8 Å². The number of hydrogen-bond donors (Lipinski definition) is 3. The molecule has 30 heavy (non-hydrogen) atoms. The summed E-state index contributed by atoms with van der Waals surface area (Å²) in [5.74, 6) is -1.58. The zero-order valence-electron chi connectivity index (χ0n) is 16.8. The van der Waals surface area contributed by atoms with Gasteiger partial charge in [0, 0.05) is 39.1 Å². The van der Waals surface area contributed by atoms with Gasteiger partial charge in [0.05, 0.1) is 17.3 Å². The highest BCUT2D eigenvalue weighted by Gasteiger charge is 2.35. The second kappa shape index (κ2) is 9.87. The van der Waals surface area contributed by atoms with Crippen molar-refractivity contribution < 1.29 is 24.2 Å². The smallest absolute Gasteiger partial charge is 0.254 e. The number of amides is 2. The van der Waals surface area contributed by atoms with Crippen molar-refractivity contribution in [3.63, 3.8) is 0 Å². The highest BCUT2D eigenvalue weighted by Crippen LogP contribution is 2.26. The van der Waals surface area contributed by atoms with Gasteiger partial charge in [-0.05, 0) is 43.4 Å². The third-order valence-electron chi connectivity index (χ3n) is 5.85. The van der Waals surface area contributed by atoms with E-state index < -0.39 is 24.0 Å². The monoisotopic (exact) mass is 418 g/mol. The number of aliphatic hydroxyl groups excluding tert-OH is 2. The van der Waals surface area contributed by atoms with E-state index in [2.05, 4.69) is 11.4 Å². The lowest BCUT2D eigenvalue weighted by molar-refractivity contribution is -0.155. The first-order valence-electron chi connectivity index (χ1n) is 10.2. The van der Waals surface area contributed by atoms with E-state index in [4.69, 9.17) is 0 Å². The van der Waals surface area contributed by atoms with Crippen molar-refractivity contribution in [2.45, 2.75) is 37.9 Å². The van der Waals surface area contributed by atoms with Crippen LogP contribution in [0.2, 0.25) is 0 Å². The van der Waals surface area contributed by atoms with Crippen LogP contribution in [0, 0.1) is 17.2 Å². The number of likely N-dealkylation sites (tertiary alicyclic amines) is 2. The van der Waals surface area contributed by atoms with Crippen LogP contribution in [0.1, 0.15) is 25.7 Å². The van der Waals surface area contributed by atoms with Gasteiger partial charge in [0.15, 0.2) is 12.2 Å². The molecule has 2 atom stereocenters. The molecule has 2 heterocycles. The molecule has 3 rings (SSSR count). The van der Waals surface area contributed by atoms with Gasteiger partial charge in [-0.15, -0.1) is 0 Å². The Kier molecular flexibility index (Phi) is 7.24. The minimum absolute atomic E-state index is 0.163. The van der Waals surface area contributed by atoms with Crippen LogP contribution in [0.3, 0.4) is 0 Å². The predicted octanol–water partition coefficient (Wildman–Crippen LogP) is 0.360. The largest absolute Gasteiger partial charge is 0.380 e. The van der Waals surface area contributed by atoms with Gasteiger partial charge in [0.1, 0.15) is 5.83 Å². The van der Waals surface area contributed by atoms with Crippen molar-refractivity contribution in [1.82, 2.24) is 15.1 Å². The van der Waals surface area contributed by atoms with Crippen LogP contribution in [-0.4, -0.2) is 76.8 Å². The van der Waals surface area contributed by atoms with Crippen LogP contribution in [-0.2, 0) is 9.59 Å². The van der Waals surface area contributed by atoms with Crippen LogP contribution in [0.5, 0.6) is 0 Å². The third-order valence-corrected chi connectivity index (χ3v) is 5.85. The van der Waals surface area contributed by atoms with Crippen molar-refractivity contribution in [2.24, 2.45) is 5.92 Å². The first-order chi connectivity index (χ1) is 14.4. The topological polar surface area (TPSA) is 117 Å². The molecule has 2 amide bonds. The Balaban J connectivity index is 1.46. The fraction of sp³-hybridized carbons (Fsp3) is 0.571. The Morgan fingerprint density at radius 3 is 2.50 bits per heavy atom. The molecule has 8 nitrogen and oxygen atoms in total. The lowest BCUT2D eigenvalue weighted by Gasteiger charge is -2.35. The lowest BCUT2D eigenvalue weighted by Crippen LogP contribution is -2.54. The molecule has 9 heteroatoms. The van der Waals surface area contributed by atoms with Gasteiger partial charge in [-0.25, -0.2) is 4.39 Å². The Labute approximate surface area is 174 Å². The molecule has 2 saturated heterocycles. The summed E-state index contributed by atoms with van der Waals surface area (Å²) >= 11 is 0. The summed E-state index contributed by atoms with van der Waals surface area (Å²) in [6.45, 7) is 2.71. The van der Waals surface area contributed by atoms with Crippen LogP contribution in [0.15, 0.2) is 35.3 Å². The number of halogens is 1. The number of carbonyl (C=O) groups is 2. The zero-order valence-corrected chi connectivity index (χ0v) is 16.8. The first-order valence-corrected chi connectivity index (χ1v) is 10.2. The first kappa shape index (κ1) is 22.0. The number of rotatable bonds is 6. The van der Waals surface area contributed by atoms with E-state index in [0.717, 1.165) is 25.0 Å². The number of nitrogens with one attached hydrogen (secondary N) is 1. The maximum atomic E-state index is 13.5. The van der Waals surface area contributed by atoms with E-state index in [9.17, 15) is 29.5 Å². The van der Waals surface area contributed by atoms with E-state index in [1.54, 1.807) is 6.08 Å². The molecule has 0 aromatic carbocycles. The number of allylic oxidation sites excluding steroid dienone is 5. The summed E-state index contributed by atoms with van der Waals surface area (Å²) in [5.41, 5.74) is 1.25. The minimum Gasteiger partial charge on any atom is -0.380 e. The average molecular weight is 418 g/mol. The standard InChI is InChI=1S/C21H27FN4O4/c22-16-3-2-15(12-23)17(5-4-16)25-10-6-14(7-11-25)13-24-20(29)18(27)19(28)21(30)26-8-1-9-26/h3-5,14,18-19,27-28H,1-2,6-11,13H2,(H,24,29). The molecule has 3 aliphatic rings. The zero-order chi connectivity index (χ0) is 21.7. The van der Waals surface area contributed by atoms with Crippen LogP contribution in [0.25, 0.3) is 0 Å². The fourth-order valence-corrected chi connectivity index (χ4v) is 3.76. The van der Waals surface area contributed by atoms with Crippen molar-refractivity contribution in [2.75, 3.05) is 32.7 Å². The molecule has 2 aliphatic heterocycles. The maximum absolute atomic E-state index is 13.5. The van der Waals surface area contributed by atoms with Gasteiger partial charge in [-0.2, -0.15) is 5.26 Å². The number of carbonyl (C=O) groups excluding carboxylic acids is 2. The quantitative estimate of drug-likeness (QED) is 0.574. The molecule has 2 unspecified atom stereocenters. The summed E-state index contributed by atoms with van der Waals surface area (Å²) in [4.78, 5) is 27.5. The van der Waals surface area contributed by atoms with Gasteiger partial charge in [0.2, 0.25) is 0 Å². The molecule has 0 radical (unpaired) electrons. The molecule has 0 saturated carbocycles. The van der Waals surface area contributed by atoms with E-state index in [1.807, 2.05) is 4.90 Å². The van der Waals surface area contributed by atoms with Gasteiger partial charge >= 0.3 is 0 Å². The molecular formula is C21H27FN4O4. The summed E-state index contributed by atoms with van der Waals surface area (Å²) in [6, 6.07) is 2.15. The van der Waals surface area contributed by atoms with Crippen molar-refractivity contribution in [1.29, 1.82) is 5.26 Å². The maximum Gasteiger partial charge on any atom is 0.254 e. The molecule has 2 fully saturated rings. The highest BCUT2D eigenvalue weighted by molar-refractivity contribution is 5.90. The van der Waals surface area contributed by atoms with Crippen molar-refractivity contribution >= 4 is 11.8 Å². The van der Waals surface area contributed by atoms with Gasteiger partial charge in [-0.3, -0.25) is 9.59 Å². The highest BCUT2D eigenvalue weighted by atomic mass is 19.1. The van der Waals surface area contributed by atoms with Crippen molar-refractivity contribution in [3.8, 4) is 6.07 Å².